The lowest BCUT2D eigenvalue weighted by molar-refractivity contribution is 0.275. The molecule has 0 amide bonds. The summed E-state index contributed by atoms with van der Waals surface area (Å²) in [4.78, 5) is 4.16. The number of nitrogens with two attached hydrogens (primary N) is 1. The van der Waals surface area contributed by atoms with Crippen molar-refractivity contribution in [3.05, 3.63) is 36.3 Å². The van der Waals surface area contributed by atoms with E-state index in [9.17, 15) is 5.11 Å². The molecule has 1 aromatic carbocycles. The van der Waals surface area contributed by atoms with Crippen LogP contribution in [0.3, 0.4) is 0 Å². The number of benzene rings is 1. The van der Waals surface area contributed by atoms with Crippen LogP contribution in [0.2, 0.25) is 0 Å². The number of hydrogen-bond donors (Lipinski definition) is 2. The summed E-state index contributed by atoms with van der Waals surface area (Å²) in [5.41, 5.74) is 5.62. The zero-order valence-electron chi connectivity index (χ0n) is 9.63. The van der Waals surface area contributed by atoms with Crippen molar-refractivity contribution in [3.8, 4) is 11.5 Å². The molecule has 0 unspecified atom stereocenters. The maximum atomic E-state index is 9.54. The van der Waals surface area contributed by atoms with E-state index in [0.29, 0.717) is 11.6 Å². The normalized spacial score (nSPS) is 10.4. The SMILES string of the molecule is CCn1cc(N)nc1COc1ccccc1O. The summed E-state index contributed by atoms with van der Waals surface area (Å²) in [5.74, 6) is 1.78. The van der Waals surface area contributed by atoms with E-state index in [1.165, 1.54) is 0 Å². The summed E-state index contributed by atoms with van der Waals surface area (Å²) in [6.45, 7) is 3.07. The molecule has 5 heteroatoms. The molecule has 0 bridgehead atoms. The molecule has 5 nitrogen and oxygen atoms in total. The Morgan fingerprint density at radius 1 is 1.41 bits per heavy atom. The van der Waals surface area contributed by atoms with Gasteiger partial charge in [0.05, 0.1) is 0 Å². The van der Waals surface area contributed by atoms with Gasteiger partial charge in [0.1, 0.15) is 18.2 Å². The van der Waals surface area contributed by atoms with Crippen molar-refractivity contribution >= 4 is 5.82 Å². The minimum atomic E-state index is 0.120. The highest BCUT2D eigenvalue weighted by Gasteiger charge is 2.07. The number of phenolic OH excluding ortho intramolecular Hbond substituents is 1. The van der Waals surface area contributed by atoms with Gasteiger partial charge in [-0.3, -0.25) is 0 Å². The van der Waals surface area contributed by atoms with E-state index in [1.54, 1.807) is 30.5 Å². The predicted octanol–water partition coefficient (Wildman–Crippen LogP) is 1.77. The van der Waals surface area contributed by atoms with Gasteiger partial charge in [0.25, 0.3) is 0 Å². The Morgan fingerprint density at radius 3 is 2.88 bits per heavy atom. The second-order valence-electron chi connectivity index (χ2n) is 3.62. The van der Waals surface area contributed by atoms with Crippen molar-refractivity contribution in [1.29, 1.82) is 0 Å². The lowest BCUT2D eigenvalue weighted by atomic mass is 10.3. The number of imidazole rings is 1. The molecule has 90 valence electrons. The second-order valence-corrected chi connectivity index (χ2v) is 3.62. The molecule has 0 saturated carbocycles. The zero-order chi connectivity index (χ0) is 12.3. The first-order valence-electron chi connectivity index (χ1n) is 5.43. The van der Waals surface area contributed by atoms with Crippen LogP contribution in [0.25, 0.3) is 0 Å². The molecular weight excluding hydrogens is 218 g/mol. The fourth-order valence-corrected chi connectivity index (χ4v) is 1.59. The molecule has 17 heavy (non-hydrogen) atoms. The van der Waals surface area contributed by atoms with Crippen molar-refractivity contribution in [3.63, 3.8) is 0 Å². The molecule has 0 aliphatic heterocycles. The van der Waals surface area contributed by atoms with Crippen LogP contribution in [0.4, 0.5) is 5.82 Å². The van der Waals surface area contributed by atoms with Crippen LogP contribution >= 0.6 is 0 Å². The fraction of sp³-hybridized carbons (Fsp3) is 0.250. The molecule has 0 radical (unpaired) electrons. The molecule has 2 rings (SSSR count). The van der Waals surface area contributed by atoms with Crippen molar-refractivity contribution in [1.82, 2.24) is 9.55 Å². The molecule has 1 heterocycles. The van der Waals surface area contributed by atoms with E-state index < -0.39 is 0 Å². The van der Waals surface area contributed by atoms with Crippen molar-refractivity contribution < 1.29 is 9.84 Å². The number of aromatic hydroxyl groups is 1. The third kappa shape index (κ3) is 2.50. The molecule has 2 aromatic rings. The van der Waals surface area contributed by atoms with Crippen molar-refractivity contribution in [2.75, 3.05) is 5.73 Å². The maximum absolute atomic E-state index is 9.54. The number of rotatable bonds is 4. The van der Waals surface area contributed by atoms with E-state index in [0.717, 1.165) is 12.4 Å². The van der Waals surface area contributed by atoms with E-state index in [-0.39, 0.29) is 12.4 Å². The average Bonchev–Trinajstić information content (AvgIpc) is 2.69. The average molecular weight is 233 g/mol. The predicted molar refractivity (Wildman–Crippen MR) is 64.8 cm³/mol. The quantitative estimate of drug-likeness (QED) is 0.844. The Bertz CT molecular complexity index is 508. The number of aromatic nitrogens is 2. The van der Waals surface area contributed by atoms with Crippen LogP contribution in [-0.4, -0.2) is 14.7 Å². The number of aryl methyl sites for hydroxylation is 1. The second kappa shape index (κ2) is 4.78. The number of nitrogen functional groups attached to an aromatic ring is 1. The third-order valence-corrected chi connectivity index (χ3v) is 2.44. The van der Waals surface area contributed by atoms with Gasteiger partial charge in [0.2, 0.25) is 0 Å². The summed E-state index contributed by atoms with van der Waals surface area (Å²) in [6.07, 6.45) is 1.77. The Morgan fingerprint density at radius 2 is 2.18 bits per heavy atom. The first kappa shape index (κ1) is 11.3. The zero-order valence-corrected chi connectivity index (χ0v) is 9.63. The van der Waals surface area contributed by atoms with Crippen molar-refractivity contribution in [2.24, 2.45) is 0 Å². The first-order valence-corrected chi connectivity index (χ1v) is 5.43. The van der Waals surface area contributed by atoms with Crippen LogP contribution in [0.1, 0.15) is 12.7 Å². The van der Waals surface area contributed by atoms with Crippen LogP contribution in [-0.2, 0) is 13.2 Å². The molecule has 0 fully saturated rings. The van der Waals surface area contributed by atoms with Gasteiger partial charge < -0.3 is 20.1 Å². The topological polar surface area (TPSA) is 73.3 Å². The summed E-state index contributed by atoms with van der Waals surface area (Å²) in [6, 6.07) is 6.83. The highest BCUT2D eigenvalue weighted by atomic mass is 16.5. The molecule has 0 saturated heterocycles. The first-order chi connectivity index (χ1) is 8.20. The third-order valence-electron chi connectivity index (χ3n) is 2.44. The number of nitrogens with zero attached hydrogens (tertiary/aromatic N) is 2. The maximum Gasteiger partial charge on any atom is 0.161 e. The summed E-state index contributed by atoms with van der Waals surface area (Å²) in [5, 5.41) is 9.54. The van der Waals surface area contributed by atoms with Gasteiger partial charge in [-0.1, -0.05) is 12.1 Å². The van der Waals surface area contributed by atoms with E-state index in [2.05, 4.69) is 4.98 Å². The fourth-order valence-electron chi connectivity index (χ4n) is 1.59. The van der Waals surface area contributed by atoms with Crippen LogP contribution in [0.15, 0.2) is 30.5 Å². The molecular formula is C12H15N3O2. The smallest absolute Gasteiger partial charge is 0.161 e. The van der Waals surface area contributed by atoms with Gasteiger partial charge in [-0.25, -0.2) is 4.98 Å². The molecule has 0 atom stereocenters. The Kier molecular flexibility index (Phi) is 3.18. The highest BCUT2D eigenvalue weighted by Crippen LogP contribution is 2.25. The van der Waals surface area contributed by atoms with E-state index >= 15 is 0 Å². The van der Waals surface area contributed by atoms with Gasteiger partial charge in [-0.05, 0) is 19.1 Å². The van der Waals surface area contributed by atoms with Gasteiger partial charge in [-0.2, -0.15) is 0 Å². The van der Waals surface area contributed by atoms with Crippen LogP contribution in [0.5, 0.6) is 11.5 Å². The molecule has 0 spiro atoms. The number of ether oxygens (including phenoxy) is 1. The van der Waals surface area contributed by atoms with Gasteiger partial charge in [-0.15, -0.1) is 0 Å². The van der Waals surface area contributed by atoms with Crippen LogP contribution < -0.4 is 10.5 Å². The minimum absolute atomic E-state index is 0.120. The minimum Gasteiger partial charge on any atom is -0.504 e. The Hall–Kier alpha value is -2.17. The monoisotopic (exact) mass is 233 g/mol. The molecule has 0 aliphatic rings. The number of phenols is 1. The highest BCUT2D eigenvalue weighted by molar-refractivity contribution is 5.38. The molecule has 3 N–H and O–H groups in total. The van der Waals surface area contributed by atoms with Crippen LogP contribution in [0, 0.1) is 0 Å². The number of hydrogen-bond acceptors (Lipinski definition) is 4. The lowest BCUT2D eigenvalue weighted by Crippen LogP contribution is -2.05. The Balaban J connectivity index is 2.09. The van der Waals surface area contributed by atoms with E-state index in [1.807, 2.05) is 11.5 Å². The van der Waals surface area contributed by atoms with Crippen molar-refractivity contribution in [2.45, 2.75) is 20.1 Å². The summed E-state index contributed by atoms with van der Waals surface area (Å²) in [7, 11) is 0. The largest absolute Gasteiger partial charge is 0.504 e. The molecule has 0 aliphatic carbocycles. The summed E-state index contributed by atoms with van der Waals surface area (Å²) < 4.78 is 7.40. The van der Waals surface area contributed by atoms with Gasteiger partial charge in [0, 0.05) is 12.7 Å². The number of anilines is 1. The number of para-hydroxylation sites is 2. The summed E-state index contributed by atoms with van der Waals surface area (Å²) >= 11 is 0. The standard InChI is InChI=1S/C12H15N3O2/c1-2-15-7-11(13)14-12(15)8-17-10-6-4-3-5-9(10)16/h3-7,16H,2,8,13H2,1H3. The Labute approximate surface area is 99.5 Å². The van der Waals surface area contributed by atoms with Gasteiger partial charge >= 0.3 is 0 Å². The van der Waals surface area contributed by atoms with E-state index in [4.69, 9.17) is 10.5 Å². The van der Waals surface area contributed by atoms with Gasteiger partial charge in [0.15, 0.2) is 11.5 Å². The lowest BCUT2D eigenvalue weighted by Gasteiger charge is -2.08. The molecule has 1 aromatic heterocycles.